The Morgan fingerprint density at radius 1 is 1.13 bits per heavy atom. The van der Waals surface area contributed by atoms with Gasteiger partial charge in [0.2, 0.25) is 11.8 Å². The number of rotatable bonds is 7. The Hall–Kier alpha value is -3.03. The summed E-state index contributed by atoms with van der Waals surface area (Å²) in [6.45, 7) is 6.00. The normalized spacial score (nSPS) is 15.5. The molecular weight excluding hydrogens is 383 g/mol. The van der Waals surface area contributed by atoms with Crippen LogP contribution in [0.4, 0.5) is 10.3 Å². The van der Waals surface area contributed by atoms with Crippen LogP contribution in [0.2, 0.25) is 0 Å². The van der Waals surface area contributed by atoms with E-state index in [9.17, 15) is 4.39 Å². The van der Waals surface area contributed by atoms with Crippen LogP contribution in [0.3, 0.4) is 0 Å². The van der Waals surface area contributed by atoms with Crippen LogP contribution in [0.5, 0.6) is 11.6 Å². The lowest BCUT2D eigenvalue weighted by atomic mass is 10.0. The summed E-state index contributed by atoms with van der Waals surface area (Å²) in [6, 6.07) is 16.3. The number of halogens is 1. The van der Waals surface area contributed by atoms with E-state index in [2.05, 4.69) is 51.4 Å². The topological polar surface area (TPSA) is 59.5 Å². The van der Waals surface area contributed by atoms with Gasteiger partial charge in [0.05, 0.1) is 19.3 Å². The van der Waals surface area contributed by atoms with Crippen molar-refractivity contribution >= 4 is 5.95 Å². The quantitative estimate of drug-likeness (QED) is 0.632. The van der Waals surface area contributed by atoms with Gasteiger partial charge >= 0.3 is 0 Å². The summed E-state index contributed by atoms with van der Waals surface area (Å²) >= 11 is 0. The molecule has 1 N–H and O–H groups in total. The Bertz CT molecular complexity index is 961. The van der Waals surface area contributed by atoms with Gasteiger partial charge in [0, 0.05) is 31.9 Å². The zero-order chi connectivity index (χ0) is 20.8. The molecule has 0 amide bonds. The molecule has 2 heterocycles. The fourth-order valence-corrected chi connectivity index (χ4v) is 3.52. The standard InChI is InChI=1S/C23H25FN4O2/c1-17-3-2-4-18(15-17)21(28-11-13-29-14-12-28)16-26-23-25-10-9-22(27-23)30-20-7-5-19(24)6-8-20/h2-10,15,21H,11-14,16H2,1H3,(H,25,26,27). The van der Waals surface area contributed by atoms with Crippen LogP contribution in [-0.4, -0.2) is 47.7 Å². The maximum absolute atomic E-state index is 13.1. The number of benzene rings is 2. The molecule has 1 saturated heterocycles. The first-order valence-electron chi connectivity index (χ1n) is 10.1. The van der Waals surface area contributed by atoms with Crippen molar-refractivity contribution in [1.29, 1.82) is 0 Å². The summed E-state index contributed by atoms with van der Waals surface area (Å²) in [6.07, 6.45) is 1.64. The lowest BCUT2D eigenvalue weighted by Crippen LogP contribution is -2.41. The molecule has 0 aliphatic carbocycles. The minimum absolute atomic E-state index is 0.180. The average molecular weight is 408 g/mol. The van der Waals surface area contributed by atoms with Crippen molar-refractivity contribution in [3.05, 3.63) is 77.7 Å². The molecule has 30 heavy (non-hydrogen) atoms. The molecule has 0 bridgehead atoms. The molecule has 2 aromatic carbocycles. The SMILES string of the molecule is Cc1cccc(C(CNc2nccc(Oc3ccc(F)cc3)n2)N2CCOCC2)c1. The second kappa shape index (κ2) is 9.65. The molecule has 1 fully saturated rings. The van der Waals surface area contributed by atoms with Crippen LogP contribution in [0, 0.1) is 12.7 Å². The molecule has 6 nitrogen and oxygen atoms in total. The van der Waals surface area contributed by atoms with Crippen molar-refractivity contribution in [3.63, 3.8) is 0 Å². The van der Waals surface area contributed by atoms with E-state index in [1.165, 1.54) is 23.3 Å². The summed E-state index contributed by atoms with van der Waals surface area (Å²) in [5.41, 5.74) is 2.49. The fraction of sp³-hybridized carbons (Fsp3) is 0.304. The van der Waals surface area contributed by atoms with Crippen LogP contribution in [-0.2, 0) is 4.74 Å². The second-order valence-corrected chi connectivity index (χ2v) is 7.23. The van der Waals surface area contributed by atoms with Gasteiger partial charge in [-0.15, -0.1) is 0 Å². The molecule has 156 valence electrons. The van der Waals surface area contributed by atoms with Gasteiger partial charge in [0.1, 0.15) is 11.6 Å². The third-order valence-electron chi connectivity index (χ3n) is 5.03. The van der Waals surface area contributed by atoms with E-state index < -0.39 is 0 Å². The number of hydrogen-bond acceptors (Lipinski definition) is 6. The summed E-state index contributed by atoms with van der Waals surface area (Å²) < 4.78 is 24.3. The number of ether oxygens (including phenoxy) is 2. The van der Waals surface area contributed by atoms with Gasteiger partial charge in [-0.05, 0) is 36.8 Å². The molecule has 1 aromatic heterocycles. The number of aromatic nitrogens is 2. The fourth-order valence-electron chi connectivity index (χ4n) is 3.52. The highest BCUT2D eigenvalue weighted by molar-refractivity contribution is 5.33. The highest BCUT2D eigenvalue weighted by Crippen LogP contribution is 2.24. The zero-order valence-electron chi connectivity index (χ0n) is 16.9. The lowest BCUT2D eigenvalue weighted by molar-refractivity contribution is 0.0187. The third-order valence-corrected chi connectivity index (χ3v) is 5.03. The molecule has 1 atom stereocenters. The zero-order valence-corrected chi connectivity index (χ0v) is 16.9. The van der Waals surface area contributed by atoms with Crippen molar-refractivity contribution in [2.24, 2.45) is 0 Å². The predicted octanol–water partition coefficient (Wildman–Crippen LogP) is 4.20. The Balaban J connectivity index is 1.47. The molecule has 1 unspecified atom stereocenters. The van der Waals surface area contributed by atoms with Crippen LogP contribution < -0.4 is 10.1 Å². The first kappa shape index (κ1) is 20.3. The lowest BCUT2D eigenvalue weighted by Gasteiger charge is -2.35. The van der Waals surface area contributed by atoms with E-state index in [-0.39, 0.29) is 11.9 Å². The predicted molar refractivity (Wildman–Crippen MR) is 113 cm³/mol. The van der Waals surface area contributed by atoms with E-state index in [0.29, 0.717) is 24.1 Å². The maximum atomic E-state index is 13.1. The third kappa shape index (κ3) is 5.31. The van der Waals surface area contributed by atoms with Gasteiger partial charge in [-0.25, -0.2) is 9.37 Å². The largest absolute Gasteiger partial charge is 0.439 e. The molecule has 4 rings (SSSR count). The Morgan fingerprint density at radius 2 is 1.93 bits per heavy atom. The van der Waals surface area contributed by atoms with E-state index in [4.69, 9.17) is 9.47 Å². The molecular formula is C23H25FN4O2. The van der Waals surface area contributed by atoms with Crippen molar-refractivity contribution < 1.29 is 13.9 Å². The monoisotopic (exact) mass is 408 g/mol. The first-order valence-corrected chi connectivity index (χ1v) is 10.1. The smallest absolute Gasteiger partial charge is 0.226 e. The highest BCUT2D eigenvalue weighted by Gasteiger charge is 2.23. The van der Waals surface area contributed by atoms with Crippen molar-refractivity contribution in [3.8, 4) is 11.6 Å². The molecule has 0 spiro atoms. The average Bonchev–Trinajstić information content (AvgIpc) is 2.77. The number of hydrogen-bond donors (Lipinski definition) is 1. The minimum atomic E-state index is -0.308. The van der Waals surface area contributed by atoms with Crippen molar-refractivity contribution in [2.45, 2.75) is 13.0 Å². The Kier molecular flexibility index (Phi) is 6.51. The van der Waals surface area contributed by atoms with Crippen molar-refractivity contribution in [2.75, 3.05) is 38.2 Å². The molecule has 0 radical (unpaired) electrons. The van der Waals surface area contributed by atoms with Crippen LogP contribution in [0.15, 0.2) is 60.8 Å². The van der Waals surface area contributed by atoms with E-state index in [0.717, 1.165) is 26.3 Å². The van der Waals surface area contributed by atoms with Gasteiger partial charge in [-0.2, -0.15) is 4.98 Å². The van der Waals surface area contributed by atoms with Crippen LogP contribution in [0.1, 0.15) is 17.2 Å². The summed E-state index contributed by atoms with van der Waals surface area (Å²) in [7, 11) is 0. The van der Waals surface area contributed by atoms with Gasteiger partial charge in [0.15, 0.2) is 0 Å². The van der Waals surface area contributed by atoms with Crippen LogP contribution in [0.25, 0.3) is 0 Å². The number of aryl methyl sites for hydroxylation is 1. The number of anilines is 1. The van der Waals surface area contributed by atoms with Gasteiger partial charge < -0.3 is 14.8 Å². The molecule has 7 heteroatoms. The molecule has 3 aromatic rings. The van der Waals surface area contributed by atoms with Gasteiger partial charge in [0.25, 0.3) is 0 Å². The Morgan fingerprint density at radius 3 is 2.70 bits per heavy atom. The number of nitrogens with zero attached hydrogens (tertiary/aromatic N) is 3. The van der Waals surface area contributed by atoms with E-state index >= 15 is 0 Å². The minimum Gasteiger partial charge on any atom is -0.439 e. The second-order valence-electron chi connectivity index (χ2n) is 7.23. The summed E-state index contributed by atoms with van der Waals surface area (Å²) in [4.78, 5) is 11.2. The number of morpholine rings is 1. The maximum Gasteiger partial charge on any atom is 0.226 e. The Labute approximate surface area is 175 Å². The molecule has 0 saturated carbocycles. The van der Waals surface area contributed by atoms with E-state index in [1.54, 1.807) is 24.4 Å². The van der Waals surface area contributed by atoms with Crippen molar-refractivity contribution in [1.82, 2.24) is 14.9 Å². The van der Waals surface area contributed by atoms with Gasteiger partial charge in [-0.1, -0.05) is 29.8 Å². The van der Waals surface area contributed by atoms with Gasteiger partial charge in [-0.3, -0.25) is 4.90 Å². The molecule has 1 aliphatic heterocycles. The van der Waals surface area contributed by atoms with E-state index in [1.807, 2.05) is 0 Å². The molecule has 1 aliphatic rings. The first-order chi connectivity index (χ1) is 14.7. The van der Waals surface area contributed by atoms with Crippen LogP contribution >= 0.6 is 0 Å². The highest BCUT2D eigenvalue weighted by atomic mass is 19.1. The summed E-state index contributed by atoms with van der Waals surface area (Å²) in [5, 5.41) is 3.35. The number of nitrogens with one attached hydrogen (secondary N) is 1. The summed E-state index contributed by atoms with van der Waals surface area (Å²) in [5.74, 6) is 1.10.